The molecule has 8 heteroatoms. The van der Waals surface area contributed by atoms with Crippen LogP contribution in [0.2, 0.25) is 0 Å². The van der Waals surface area contributed by atoms with Crippen molar-refractivity contribution >= 4 is 33.6 Å². The predicted molar refractivity (Wildman–Crippen MR) is 125 cm³/mol. The van der Waals surface area contributed by atoms with E-state index in [0.717, 1.165) is 11.1 Å². The van der Waals surface area contributed by atoms with E-state index in [2.05, 4.69) is 31.4 Å². The number of hydrogen-bond donors (Lipinski definition) is 1. The number of rotatable bonds is 8. The minimum absolute atomic E-state index is 0.0505. The first-order valence-electron chi connectivity index (χ1n) is 9.81. The van der Waals surface area contributed by atoms with Crippen molar-refractivity contribution in [3.63, 3.8) is 0 Å². The molecule has 2 aromatic heterocycles. The van der Waals surface area contributed by atoms with Crippen molar-refractivity contribution in [2.75, 3.05) is 0 Å². The number of carbonyl (C=O) groups is 1. The van der Waals surface area contributed by atoms with Crippen LogP contribution in [0.15, 0.2) is 87.0 Å². The number of halogens is 1. The molecule has 0 aliphatic carbocycles. The van der Waals surface area contributed by atoms with Crippen LogP contribution in [0.1, 0.15) is 18.1 Å². The topological polar surface area (TPSA) is 73.0 Å². The molecule has 1 N–H and O–H groups in total. The van der Waals surface area contributed by atoms with Gasteiger partial charge in [0.05, 0.1) is 11.8 Å². The van der Waals surface area contributed by atoms with Gasteiger partial charge in [0.15, 0.2) is 15.6 Å². The molecule has 31 heavy (non-hydrogen) atoms. The van der Waals surface area contributed by atoms with Crippen LogP contribution in [0, 0.1) is 0 Å². The van der Waals surface area contributed by atoms with E-state index in [1.165, 1.54) is 11.8 Å². The third-order valence-corrected chi connectivity index (χ3v) is 6.16. The van der Waals surface area contributed by atoms with E-state index in [9.17, 15) is 4.79 Å². The molecule has 1 unspecified atom stereocenters. The summed E-state index contributed by atoms with van der Waals surface area (Å²) in [5.41, 5.74) is 2.17. The summed E-state index contributed by atoms with van der Waals surface area (Å²) in [4.78, 5) is 12.7. The number of thioether (sulfide) groups is 1. The van der Waals surface area contributed by atoms with Crippen molar-refractivity contribution in [1.82, 2.24) is 20.1 Å². The largest absolute Gasteiger partial charge is 0.446 e. The summed E-state index contributed by atoms with van der Waals surface area (Å²) in [6.07, 6.45) is 0. The minimum atomic E-state index is -0.335. The first kappa shape index (κ1) is 21.4. The maximum absolute atomic E-state index is 12.7. The second-order valence-electron chi connectivity index (χ2n) is 6.95. The molecule has 6 nitrogen and oxygen atoms in total. The molecule has 4 rings (SSSR count). The minimum Gasteiger partial charge on any atom is -0.446 e. The number of nitrogens with one attached hydrogen (secondary N) is 1. The Kier molecular flexibility index (Phi) is 6.89. The molecular weight excluding hydrogens is 476 g/mol. The molecule has 0 aliphatic heterocycles. The quantitative estimate of drug-likeness (QED) is 0.341. The number of furan rings is 1. The van der Waals surface area contributed by atoms with Gasteiger partial charge in [-0.1, -0.05) is 72.4 Å². The van der Waals surface area contributed by atoms with Gasteiger partial charge in [0.25, 0.3) is 0 Å². The van der Waals surface area contributed by atoms with E-state index in [4.69, 9.17) is 4.42 Å². The van der Waals surface area contributed by atoms with Crippen LogP contribution in [0.25, 0.3) is 11.6 Å². The lowest BCUT2D eigenvalue weighted by Crippen LogP contribution is -2.30. The number of amides is 1. The van der Waals surface area contributed by atoms with Crippen molar-refractivity contribution in [3.8, 4) is 11.6 Å². The SMILES string of the molecule is CC(Sc1nnc(-c2ccc(Br)o2)n1Cc1ccccc1)C(=O)NCc1ccccc1. The number of hydrogen-bond acceptors (Lipinski definition) is 5. The molecule has 0 bridgehead atoms. The highest BCUT2D eigenvalue weighted by atomic mass is 79.9. The fraction of sp³-hybridized carbons (Fsp3) is 0.174. The van der Waals surface area contributed by atoms with Crippen LogP contribution in [0.5, 0.6) is 0 Å². The van der Waals surface area contributed by atoms with Crippen LogP contribution < -0.4 is 5.32 Å². The van der Waals surface area contributed by atoms with Gasteiger partial charge >= 0.3 is 0 Å². The standard InChI is InChI=1S/C23H21BrN4O2S/c1-16(22(29)25-14-17-8-4-2-5-9-17)31-23-27-26-21(19-12-13-20(24)30-19)28(23)15-18-10-6-3-7-11-18/h2-13,16H,14-15H2,1H3,(H,25,29). The monoisotopic (exact) mass is 496 g/mol. The Morgan fingerprint density at radius 2 is 1.71 bits per heavy atom. The van der Waals surface area contributed by atoms with E-state index < -0.39 is 0 Å². The van der Waals surface area contributed by atoms with Crippen LogP contribution in [0.3, 0.4) is 0 Å². The highest BCUT2D eigenvalue weighted by Gasteiger charge is 2.22. The smallest absolute Gasteiger partial charge is 0.233 e. The van der Waals surface area contributed by atoms with E-state index in [1.807, 2.05) is 84.3 Å². The molecule has 0 radical (unpaired) electrons. The van der Waals surface area contributed by atoms with E-state index >= 15 is 0 Å². The molecule has 1 amide bonds. The summed E-state index contributed by atoms with van der Waals surface area (Å²) in [5.74, 6) is 1.18. The predicted octanol–water partition coefficient (Wildman–Crippen LogP) is 5.15. The Balaban J connectivity index is 1.52. The Labute approximate surface area is 193 Å². The fourth-order valence-electron chi connectivity index (χ4n) is 3.04. The van der Waals surface area contributed by atoms with Gasteiger partial charge in [-0.15, -0.1) is 10.2 Å². The molecule has 4 aromatic rings. The molecule has 0 fully saturated rings. The summed E-state index contributed by atoms with van der Waals surface area (Å²) in [6.45, 7) is 2.94. The number of aromatic nitrogens is 3. The van der Waals surface area contributed by atoms with Crippen LogP contribution in [-0.4, -0.2) is 25.9 Å². The summed E-state index contributed by atoms with van der Waals surface area (Å²) in [6, 6.07) is 23.6. The van der Waals surface area contributed by atoms with Crippen LogP contribution in [0.4, 0.5) is 0 Å². The second-order valence-corrected chi connectivity index (χ2v) is 9.03. The average Bonchev–Trinajstić information content (AvgIpc) is 3.39. The third-order valence-electron chi connectivity index (χ3n) is 4.65. The van der Waals surface area contributed by atoms with Crippen molar-refractivity contribution in [3.05, 3.63) is 88.6 Å². The molecule has 0 saturated heterocycles. The Hall–Kier alpha value is -2.84. The molecule has 0 aliphatic rings. The van der Waals surface area contributed by atoms with Gasteiger partial charge < -0.3 is 9.73 Å². The van der Waals surface area contributed by atoms with E-state index in [0.29, 0.717) is 34.5 Å². The van der Waals surface area contributed by atoms with Gasteiger partial charge in [-0.25, -0.2) is 0 Å². The first-order valence-corrected chi connectivity index (χ1v) is 11.5. The van der Waals surface area contributed by atoms with Crippen molar-refractivity contribution < 1.29 is 9.21 Å². The zero-order valence-corrected chi connectivity index (χ0v) is 19.3. The van der Waals surface area contributed by atoms with Gasteiger partial charge in [0, 0.05) is 6.54 Å². The number of nitrogens with zero attached hydrogens (tertiary/aromatic N) is 3. The zero-order chi connectivity index (χ0) is 21.6. The summed E-state index contributed by atoms with van der Waals surface area (Å²) >= 11 is 4.72. The third kappa shape index (κ3) is 5.45. The van der Waals surface area contributed by atoms with Gasteiger partial charge in [-0.05, 0) is 46.1 Å². The van der Waals surface area contributed by atoms with Crippen molar-refractivity contribution in [1.29, 1.82) is 0 Å². The van der Waals surface area contributed by atoms with Gasteiger partial charge in [0.1, 0.15) is 0 Å². The maximum Gasteiger partial charge on any atom is 0.233 e. The summed E-state index contributed by atoms with van der Waals surface area (Å²) < 4.78 is 8.31. The Morgan fingerprint density at radius 3 is 2.35 bits per heavy atom. The fourth-order valence-corrected chi connectivity index (χ4v) is 4.22. The number of benzene rings is 2. The van der Waals surface area contributed by atoms with Crippen molar-refractivity contribution in [2.45, 2.75) is 30.4 Å². The molecule has 158 valence electrons. The van der Waals surface area contributed by atoms with Gasteiger partial charge in [-0.3, -0.25) is 9.36 Å². The van der Waals surface area contributed by atoms with E-state index in [-0.39, 0.29) is 11.2 Å². The molecule has 0 saturated carbocycles. The molecular formula is C23H21BrN4O2S. The summed E-state index contributed by atoms with van der Waals surface area (Å²) in [5, 5.41) is 12.0. The normalized spacial score (nSPS) is 11.9. The highest BCUT2D eigenvalue weighted by Crippen LogP contribution is 2.30. The lowest BCUT2D eigenvalue weighted by Gasteiger charge is -2.13. The van der Waals surface area contributed by atoms with Crippen LogP contribution in [-0.2, 0) is 17.9 Å². The lowest BCUT2D eigenvalue weighted by molar-refractivity contribution is -0.120. The zero-order valence-electron chi connectivity index (χ0n) is 16.9. The highest BCUT2D eigenvalue weighted by molar-refractivity contribution is 9.10. The van der Waals surface area contributed by atoms with Crippen LogP contribution >= 0.6 is 27.7 Å². The van der Waals surface area contributed by atoms with Crippen molar-refractivity contribution in [2.24, 2.45) is 0 Å². The molecule has 2 aromatic carbocycles. The molecule has 2 heterocycles. The van der Waals surface area contributed by atoms with Gasteiger partial charge in [-0.2, -0.15) is 0 Å². The summed E-state index contributed by atoms with van der Waals surface area (Å²) in [7, 11) is 0. The molecule has 1 atom stereocenters. The molecule has 0 spiro atoms. The number of carbonyl (C=O) groups excluding carboxylic acids is 1. The second kappa shape index (κ2) is 9.98. The van der Waals surface area contributed by atoms with E-state index in [1.54, 1.807) is 0 Å². The van der Waals surface area contributed by atoms with Gasteiger partial charge in [0.2, 0.25) is 11.7 Å². The first-order chi connectivity index (χ1) is 15.1. The Morgan fingerprint density at radius 1 is 1.03 bits per heavy atom. The lowest BCUT2D eigenvalue weighted by atomic mass is 10.2. The maximum atomic E-state index is 12.7. The average molecular weight is 497 g/mol. The Bertz CT molecular complexity index is 1140.